The minimum Gasteiger partial charge on any atom is -0.497 e. The standard InChI is InChI=1S/C20H17NO5/c1-24-11-7-8-12(16(9-11)25-2)14-10-17(22)26-19-13-5-3-4-6-15(13)21-20(23)18(14)19/h3-9,14H,10H2,1-2H3,(H,21,23)/t14-/m1/s1. The number of aromatic nitrogens is 1. The van der Waals surface area contributed by atoms with E-state index in [1.807, 2.05) is 24.3 Å². The van der Waals surface area contributed by atoms with Crippen molar-refractivity contribution in [2.24, 2.45) is 0 Å². The number of methoxy groups -OCH3 is 2. The zero-order valence-corrected chi connectivity index (χ0v) is 14.4. The van der Waals surface area contributed by atoms with Gasteiger partial charge < -0.3 is 19.2 Å². The monoisotopic (exact) mass is 351 g/mol. The molecule has 132 valence electrons. The molecule has 1 aromatic heterocycles. The van der Waals surface area contributed by atoms with E-state index in [1.165, 1.54) is 0 Å². The summed E-state index contributed by atoms with van der Waals surface area (Å²) >= 11 is 0. The summed E-state index contributed by atoms with van der Waals surface area (Å²) in [4.78, 5) is 27.9. The van der Waals surface area contributed by atoms with E-state index in [2.05, 4.69) is 4.98 Å². The molecule has 0 bridgehead atoms. The molecule has 0 fully saturated rings. The maximum absolute atomic E-state index is 12.8. The minimum atomic E-state index is -0.458. The Kier molecular flexibility index (Phi) is 3.88. The zero-order chi connectivity index (χ0) is 18.3. The van der Waals surface area contributed by atoms with Crippen LogP contribution in [0.5, 0.6) is 17.2 Å². The number of hydrogen-bond donors (Lipinski definition) is 1. The van der Waals surface area contributed by atoms with Gasteiger partial charge in [0.1, 0.15) is 17.2 Å². The highest BCUT2D eigenvalue weighted by Crippen LogP contribution is 2.43. The number of carbonyl (C=O) groups is 1. The summed E-state index contributed by atoms with van der Waals surface area (Å²) in [7, 11) is 3.11. The molecule has 0 radical (unpaired) electrons. The Morgan fingerprint density at radius 3 is 2.65 bits per heavy atom. The summed E-state index contributed by atoms with van der Waals surface area (Å²) in [5, 5.41) is 0.702. The van der Waals surface area contributed by atoms with Crippen LogP contribution in [-0.4, -0.2) is 25.2 Å². The molecule has 26 heavy (non-hydrogen) atoms. The fourth-order valence-corrected chi connectivity index (χ4v) is 3.45. The molecule has 1 atom stereocenters. The number of benzene rings is 2. The molecule has 0 amide bonds. The number of aromatic amines is 1. The third kappa shape index (κ3) is 2.50. The molecule has 4 rings (SSSR count). The van der Waals surface area contributed by atoms with Crippen molar-refractivity contribution < 1.29 is 19.0 Å². The lowest BCUT2D eigenvalue weighted by atomic mass is 9.85. The second kappa shape index (κ2) is 6.22. The van der Waals surface area contributed by atoms with E-state index in [1.54, 1.807) is 32.4 Å². The second-order valence-corrected chi connectivity index (χ2v) is 6.08. The van der Waals surface area contributed by atoms with Crippen LogP contribution >= 0.6 is 0 Å². The van der Waals surface area contributed by atoms with Gasteiger partial charge in [0.2, 0.25) is 0 Å². The van der Waals surface area contributed by atoms with Gasteiger partial charge in [0.15, 0.2) is 0 Å². The van der Waals surface area contributed by atoms with Crippen molar-refractivity contribution in [3.05, 3.63) is 63.9 Å². The molecule has 2 aromatic carbocycles. The van der Waals surface area contributed by atoms with Crippen LogP contribution in [0.4, 0.5) is 0 Å². The van der Waals surface area contributed by atoms with Crippen LogP contribution < -0.4 is 19.8 Å². The van der Waals surface area contributed by atoms with Crippen molar-refractivity contribution in [3.63, 3.8) is 0 Å². The summed E-state index contributed by atoms with van der Waals surface area (Å²) in [5.74, 6) is 0.680. The van der Waals surface area contributed by atoms with Crippen molar-refractivity contribution in [2.75, 3.05) is 14.2 Å². The van der Waals surface area contributed by atoms with Gasteiger partial charge in [-0.1, -0.05) is 18.2 Å². The number of nitrogens with one attached hydrogen (secondary N) is 1. The molecule has 1 N–H and O–H groups in total. The first-order valence-electron chi connectivity index (χ1n) is 8.20. The van der Waals surface area contributed by atoms with E-state index in [0.29, 0.717) is 33.7 Å². The van der Waals surface area contributed by atoms with E-state index in [4.69, 9.17) is 14.2 Å². The largest absolute Gasteiger partial charge is 0.497 e. The number of esters is 1. The van der Waals surface area contributed by atoms with E-state index in [-0.39, 0.29) is 17.9 Å². The van der Waals surface area contributed by atoms with Gasteiger partial charge in [0, 0.05) is 22.9 Å². The normalized spacial score (nSPS) is 16.1. The third-order valence-corrected chi connectivity index (χ3v) is 4.66. The summed E-state index contributed by atoms with van der Waals surface area (Å²) in [6.45, 7) is 0. The molecule has 1 aliphatic heterocycles. The molecule has 6 heteroatoms. The Morgan fingerprint density at radius 2 is 1.88 bits per heavy atom. The van der Waals surface area contributed by atoms with Crippen molar-refractivity contribution >= 4 is 16.9 Å². The van der Waals surface area contributed by atoms with Crippen molar-refractivity contribution in [3.8, 4) is 17.2 Å². The van der Waals surface area contributed by atoms with Crippen molar-refractivity contribution in [1.82, 2.24) is 4.98 Å². The van der Waals surface area contributed by atoms with Gasteiger partial charge in [0.25, 0.3) is 5.56 Å². The van der Waals surface area contributed by atoms with Crippen LogP contribution in [0, 0.1) is 0 Å². The lowest BCUT2D eigenvalue weighted by molar-refractivity contribution is -0.135. The predicted molar refractivity (Wildman–Crippen MR) is 96.2 cm³/mol. The molecule has 1 aliphatic rings. The molecule has 0 spiro atoms. The zero-order valence-electron chi connectivity index (χ0n) is 14.4. The minimum absolute atomic E-state index is 0.0666. The molecule has 0 saturated heterocycles. The maximum atomic E-state index is 12.8. The first-order chi connectivity index (χ1) is 12.6. The number of hydrogen-bond acceptors (Lipinski definition) is 5. The van der Waals surface area contributed by atoms with Crippen LogP contribution in [0.1, 0.15) is 23.5 Å². The van der Waals surface area contributed by atoms with Gasteiger partial charge in [-0.2, -0.15) is 0 Å². The highest BCUT2D eigenvalue weighted by atomic mass is 16.5. The van der Waals surface area contributed by atoms with Crippen LogP contribution in [0.25, 0.3) is 10.9 Å². The Hall–Kier alpha value is -3.28. The molecular formula is C20H17NO5. The molecule has 0 saturated carbocycles. The Balaban J connectivity index is 1.98. The highest BCUT2D eigenvalue weighted by Gasteiger charge is 2.34. The van der Waals surface area contributed by atoms with Gasteiger partial charge >= 0.3 is 5.97 Å². The smallest absolute Gasteiger partial charge is 0.312 e. The lowest BCUT2D eigenvalue weighted by Gasteiger charge is -2.26. The van der Waals surface area contributed by atoms with Gasteiger partial charge in [-0.25, -0.2) is 0 Å². The van der Waals surface area contributed by atoms with Crippen LogP contribution in [0.3, 0.4) is 0 Å². The summed E-state index contributed by atoms with van der Waals surface area (Å²) in [5.41, 5.74) is 1.54. The molecule has 3 aromatic rings. The molecule has 0 aliphatic carbocycles. The highest BCUT2D eigenvalue weighted by molar-refractivity contribution is 5.91. The second-order valence-electron chi connectivity index (χ2n) is 6.08. The van der Waals surface area contributed by atoms with Gasteiger partial charge in [-0.3, -0.25) is 9.59 Å². The Labute approximate surface area is 149 Å². The van der Waals surface area contributed by atoms with Crippen LogP contribution in [-0.2, 0) is 4.79 Å². The number of carbonyl (C=O) groups excluding carboxylic acids is 1. The molecule has 2 heterocycles. The molecule has 6 nitrogen and oxygen atoms in total. The number of H-pyrrole nitrogens is 1. The van der Waals surface area contributed by atoms with Crippen molar-refractivity contribution in [2.45, 2.75) is 12.3 Å². The summed E-state index contributed by atoms with van der Waals surface area (Å²) < 4.78 is 16.2. The number of ether oxygens (including phenoxy) is 3. The first kappa shape index (κ1) is 16.2. The van der Waals surface area contributed by atoms with Gasteiger partial charge in [-0.05, 0) is 18.2 Å². The Bertz CT molecular complexity index is 1070. The van der Waals surface area contributed by atoms with Crippen molar-refractivity contribution in [1.29, 1.82) is 0 Å². The van der Waals surface area contributed by atoms with E-state index in [9.17, 15) is 9.59 Å². The van der Waals surface area contributed by atoms with Crippen LogP contribution in [0.15, 0.2) is 47.3 Å². The molecular weight excluding hydrogens is 334 g/mol. The summed E-state index contributed by atoms with van der Waals surface area (Å²) in [6, 6.07) is 12.6. The first-order valence-corrected chi connectivity index (χ1v) is 8.20. The predicted octanol–water partition coefficient (Wildman–Crippen LogP) is 2.99. The van der Waals surface area contributed by atoms with Gasteiger partial charge in [0.05, 0.1) is 31.7 Å². The average Bonchev–Trinajstić information content (AvgIpc) is 2.66. The molecule has 0 unspecified atom stereocenters. The SMILES string of the molecule is COc1ccc([C@H]2CC(=O)Oc3c2c(=O)[nH]c2ccccc32)c(OC)c1. The summed E-state index contributed by atoms with van der Waals surface area (Å²) in [6.07, 6.45) is 0.0666. The van der Waals surface area contributed by atoms with E-state index in [0.717, 1.165) is 5.56 Å². The lowest BCUT2D eigenvalue weighted by Crippen LogP contribution is -2.28. The fraction of sp³-hybridized carbons (Fsp3) is 0.200. The van der Waals surface area contributed by atoms with E-state index < -0.39 is 5.92 Å². The maximum Gasteiger partial charge on any atom is 0.312 e. The Morgan fingerprint density at radius 1 is 1.08 bits per heavy atom. The number of para-hydroxylation sites is 1. The van der Waals surface area contributed by atoms with Crippen LogP contribution in [0.2, 0.25) is 0 Å². The van der Waals surface area contributed by atoms with Gasteiger partial charge in [-0.15, -0.1) is 0 Å². The average molecular weight is 351 g/mol. The van der Waals surface area contributed by atoms with E-state index >= 15 is 0 Å². The fourth-order valence-electron chi connectivity index (χ4n) is 3.45. The number of rotatable bonds is 3. The number of pyridine rings is 1. The topological polar surface area (TPSA) is 77.6 Å². The quantitative estimate of drug-likeness (QED) is 0.734. The third-order valence-electron chi connectivity index (χ3n) is 4.66. The number of fused-ring (bicyclic) bond motifs is 3.